The van der Waals surface area contributed by atoms with Crippen molar-refractivity contribution in [2.75, 3.05) is 5.32 Å². The number of halogens is 1. The van der Waals surface area contributed by atoms with Gasteiger partial charge in [-0.15, -0.1) is 0 Å². The van der Waals surface area contributed by atoms with E-state index in [4.69, 9.17) is 16.0 Å². The van der Waals surface area contributed by atoms with Gasteiger partial charge in [0.1, 0.15) is 5.52 Å². The second kappa shape index (κ2) is 6.45. The normalized spacial score (nSPS) is 10.8. The summed E-state index contributed by atoms with van der Waals surface area (Å²) in [6.45, 7) is 0. The molecule has 0 spiro atoms. The molecular weight excluding hydrogens is 356 g/mol. The van der Waals surface area contributed by atoms with Crippen LogP contribution >= 0.6 is 11.6 Å². The lowest BCUT2D eigenvalue weighted by Gasteiger charge is -2.07. The van der Waals surface area contributed by atoms with Crippen molar-refractivity contribution in [3.05, 3.63) is 65.4 Å². The van der Waals surface area contributed by atoms with Crippen LogP contribution in [-0.2, 0) is 0 Å². The number of hydrogen-bond acceptors (Lipinski definition) is 6. The molecule has 128 valence electrons. The zero-order valence-electron chi connectivity index (χ0n) is 13.2. The molecular formula is C18H11ClN4O3. The Bertz CT molecular complexity index is 1110. The predicted octanol–water partition coefficient (Wildman–Crippen LogP) is 4.38. The molecule has 0 aliphatic carbocycles. The van der Waals surface area contributed by atoms with Gasteiger partial charge in [0.2, 0.25) is 11.8 Å². The van der Waals surface area contributed by atoms with Gasteiger partial charge in [-0.3, -0.25) is 0 Å². The summed E-state index contributed by atoms with van der Waals surface area (Å²) in [7, 11) is 0. The van der Waals surface area contributed by atoms with Crippen LogP contribution in [0.15, 0.2) is 59.3 Å². The number of nitrogens with one attached hydrogen (secondary N) is 1. The van der Waals surface area contributed by atoms with E-state index >= 15 is 0 Å². The molecule has 2 N–H and O–H groups in total. The van der Waals surface area contributed by atoms with Crippen LogP contribution in [0.2, 0.25) is 5.02 Å². The summed E-state index contributed by atoms with van der Waals surface area (Å²) in [6, 6.07) is 11.7. The van der Waals surface area contributed by atoms with Crippen molar-refractivity contribution in [3.63, 3.8) is 0 Å². The molecule has 2 heterocycles. The summed E-state index contributed by atoms with van der Waals surface area (Å²) in [5.74, 6) is -0.392. The van der Waals surface area contributed by atoms with Gasteiger partial charge in [-0.25, -0.2) is 19.7 Å². The van der Waals surface area contributed by atoms with Crippen molar-refractivity contribution in [1.82, 2.24) is 15.0 Å². The highest BCUT2D eigenvalue weighted by molar-refractivity contribution is 6.31. The molecule has 0 aliphatic heterocycles. The molecule has 26 heavy (non-hydrogen) atoms. The first kappa shape index (κ1) is 16.0. The van der Waals surface area contributed by atoms with Gasteiger partial charge in [-0.2, -0.15) is 0 Å². The number of aromatic carboxylic acids is 1. The lowest BCUT2D eigenvalue weighted by atomic mass is 10.2. The van der Waals surface area contributed by atoms with Crippen LogP contribution in [0.25, 0.3) is 22.6 Å². The zero-order valence-corrected chi connectivity index (χ0v) is 13.9. The lowest BCUT2D eigenvalue weighted by molar-refractivity contribution is 0.0698. The molecule has 0 radical (unpaired) electrons. The molecule has 4 aromatic rings. The largest absolute Gasteiger partial charge is 0.478 e. The molecule has 0 fully saturated rings. The molecule has 4 rings (SSSR count). The van der Waals surface area contributed by atoms with Crippen molar-refractivity contribution < 1.29 is 14.3 Å². The lowest BCUT2D eigenvalue weighted by Crippen LogP contribution is -2.04. The smallest absolute Gasteiger partial charge is 0.337 e. The van der Waals surface area contributed by atoms with Gasteiger partial charge in [-0.05, 0) is 30.3 Å². The van der Waals surface area contributed by atoms with E-state index in [0.717, 1.165) is 0 Å². The topological polar surface area (TPSA) is 101 Å². The van der Waals surface area contributed by atoms with Gasteiger partial charge in [0.05, 0.1) is 16.8 Å². The van der Waals surface area contributed by atoms with Crippen LogP contribution in [0.3, 0.4) is 0 Å². The molecule has 0 unspecified atom stereocenters. The van der Waals surface area contributed by atoms with E-state index in [1.807, 2.05) is 0 Å². The number of carbonyl (C=O) groups is 1. The van der Waals surface area contributed by atoms with Gasteiger partial charge in [0.15, 0.2) is 5.58 Å². The Morgan fingerprint density at radius 3 is 2.65 bits per heavy atom. The standard InChI is InChI=1S/C18H11ClN4O3/c19-11-5-6-15-14(7-11)22-16(26-15)10-8-20-18(21-9-10)23-13-4-2-1-3-12(13)17(24)25/h1-9H,(H,24,25)(H,20,21,23). The van der Waals surface area contributed by atoms with Gasteiger partial charge in [0, 0.05) is 17.4 Å². The molecule has 0 saturated carbocycles. The average Bonchev–Trinajstić information content (AvgIpc) is 3.05. The highest BCUT2D eigenvalue weighted by Crippen LogP contribution is 2.26. The van der Waals surface area contributed by atoms with Gasteiger partial charge >= 0.3 is 5.97 Å². The fourth-order valence-electron chi connectivity index (χ4n) is 2.43. The van der Waals surface area contributed by atoms with Crippen molar-refractivity contribution in [2.24, 2.45) is 0 Å². The maximum Gasteiger partial charge on any atom is 0.337 e. The minimum atomic E-state index is -1.03. The second-order valence-corrected chi connectivity index (χ2v) is 5.84. The number of hydrogen-bond donors (Lipinski definition) is 2. The van der Waals surface area contributed by atoms with Crippen LogP contribution in [-0.4, -0.2) is 26.0 Å². The van der Waals surface area contributed by atoms with Crippen molar-refractivity contribution >= 4 is 40.3 Å². The summed E-state index contributed by atoms with van der Waals surface area (Å²) in [6.07, 6.45) is 3.09. The summed E-state index contributed by atoms with van der Waals surface area (Å²) in [5.41, 5.74) is 2.39. The van der Waals surface area contributed by atoms with Crippen molar-refractivity contribution in [1.29, 1.82) is 0 Å². The highest BCUT2D eigenvalue weighted by Gasteiger charge is 2.12. The summed E-state index contributed by atoms with van der Waals surface area (Å²) in [4.78, 5) is 24.0. The number of nitrogens with zero attached hydrogens (tertiary/aromatic N) is 3. The highest BCUT2D eigenvalue weighted by atomic mass is 35.5. The van der Waals surface area contributed by atoms with Crippen LogP contribution in [0, 0.1) is 0 Å². The second-order valence-electron chi connectivity index (χ2n) is 5.40. The molecule has 0 bridgehead atoms. The Hall–Kier alpha value is -3.45. The summed E-state index contributed by atoms with van der Waals surface area (Å²) >= 11 is 5.95. The number of benzene rings is 2. The maximum atomic E-state index is 11.2. The molecule has 0 aliphatic rings. The number of oxazole rings is 1. The molecule has 2 aromatic heterocycles. The first-order valence-electron chi connectivity index (χ1n) is 7.58. The fraction of sp³-hybridized carbons (Fsp3) is 0. The molecule has 8 heteroatoms. The van der Waals surface area contributed by atoms with E-state index in [2.05, 4.69) is 20.3 Å². The van der Waals surface area contributed by atoms with Crippen LogP contribution in [0.4, 0.5) is 11.6 Å². The van der Waals surface area contributed by atoms with Crippen LogP contribution in [0.1, 0.15) is 10.4 Å². The predicted molar refractivity (Wildman–Crippen MR) is 96.7 cm³/mol. The Balaban J connectivity index is 1.61. The maximum absolute atomic E-state index is 11.2. The van der Waals surface area contributed by atoms with Crippen molar-refractivity contribution in [2.45, 2.75) is 0 Å². The van der Waals surface area contributed by atoms with E-state index in [1.54, 1.807) is 48.8 Å². The number of fused-ring (bicyclic) bond motifs is 1. The van der Waals surface area contributed by atoms with Crippen molar-refractivity contribution in [3.8, 4) is 11.5 Å². The van der Waals surface area contributed by atoms with Gasteiger partial charge in [0.25, 0.3) is 0 Å². The van der Waals surface area contributed by atoms with Crippen LogP contribution < -0.4 is 5.32 Å². The molecule has 0 saturated heterocycles. The fourth-order valence-corrected chi connectivity index (χ4v) is 2.59. The third kappa shape index (κ3) is 3.07. The molecule has 0 amide bonds. The number of rotatable bonds is 4. The Labute approximate surface area is 152 Å². The van der Waals surface area contributed by atoms with E-state index in [0.29, 0.717) is 33.3 Å². The molecule has 0 atom stereocenters. The Morgan fingerprint density at radius 1 is 1.12 bits per heavy atom. The molecule has 2 aromatic carbocycles. The Morgan fingerprint density at radius 2 is 1.88 bits per heavy atom. The van der Waals surface area contributed by atoms with Crippen LogP contribution in [0.5, 0.6) is 0 Å². The number of aromatic nitrogens is 3. The van der Waals surface area contributed by atoms with Gasteiger partial charge < -0.3 is 14.8 Å². The summed E-state index contributed by atoms with van der Waals surface area (Å²) < 4.78 is 5.67. The minimum Gasteiger partial charge on any atom is -0.478 e. The van der Waals surface area contributed by atoms with E-state index in [-0.39, 0.29) is 11.5 Å². The van der Waals surface area contributed by atoms with E-state index < -0.39 is 5.97 Å². The van der Waals surface area contributed by atoms with Gasteiger partial charge in [-0.1, -0.05) is 23.7 Å². The first-order chi connectivity index (χ1) is 12.6. The number of carboxylic acids is 1. The number of para-hydroxylation sites is 1. The quantitative estimate of drug-likeness (QED) is 0.552. The van der Waals surface area contributed by atoms with E-state index in [9.17, 15) is 9.90 Å². The molecule has 7 nitrogen and oxygen atoms in total. The summed E-state index contributed by atoms with van der Waals surface area (Å²) in [5, 5.41) is 12.7. The minimum absolute atomic E-state index is 0.135. The SMILES string of the molecule is O=C(O)c1ccccc1Nc1ncc(-c2nc3cc(Cl)ccc3o2)cn1. The third-order valence-electron chi connectivity index (χ3n) is 3.65. The number of anilines is 2. The average molecular weight is 367 g/mol. The number of carboxylic acid groups (broad SMARTS) is 1. The zero-order chi connectivity index (χ0) is 18.1. The Kier molecular flexibility index (Phi) is 3.98. The van der Waals surface area contributed by atoms with E-state index in [1.165, 1.54) is 6.07 Å². The first-order valence-corrected chi connectivity index (χ1v) is 7.96. The monoisotopic (exact) mass is 366 g/mol. The third-order valence-corrected chi connectivity index (χ3v) is 3.89.